The molecule has 1 heterocycles. The van der Waals surface area contributed by atoms with E-state index in [1.165, 1.54) is 11.8 Å². The minimum absolute atomic E-state index is 0.00357. The quantitative estimate of drug-likeness (QED) is 0.664. The Kier molecular flexibility index (Phi) is 5.04. The molecule has 0 spiro atoms. The van der Waals surface area contributed by atoms with E-state index in [1.807, 2.05) is 19.2 Å². The number of rotatable bonds is 4. The van der Waals surface area contributed by atoms with Crippen LogP contribution >= 0.6 is 27.7 Å². The summed E-state index contributed by atoms with van der Waals surface area (Å²) in [4.78, 5) is 18.8. The number of nitrogens with zero attached hydrogens (tertiary/aromatic N) is 2. The maximum Gasteiger partial charge on any atom is 0.270 e. The van der Waals surface area contributed by atoms with Gasteiger partial charge in [-0.05, 0) is 47.3 Å². The summed E-state index contributed by atoms with van der Waals surface area (Å²) in [6.45, 7) is 2.46. The van der Waals surface area contributed by atoms with Crippen molar-refractivity contribution < 1.29 is 4.74 Å². The van der Waals surface area contributed by atoms with Crippen molar-refractivity contribution in [1.82, 2.24) is 9.97 Å². The summed E-state index contributed by atoms with van der Waals surface area (Å²) in [6, 6.07) is 7.26. The van der Waals surface area contributed by atoms with Gasteiger partial charge >= 0.3 is 0 Å². The molecule has 0 amide bonds. The van der Waals surface area contributed by atoms with Gasteiger partial charge in [0.1, 0.15) is 17.4 Å². The molecule has 5 nitrogen and oxygen atoms in total. The minimum Gasteiger partial charge on any atom is -0.493 e. The van der Waals surface area contributed by atoms with Gasteiger partial charge in [-0.1, -0.05) is 11.8 Å². The summed E-state index contributed by atoms with van der Waals surface area (Å²) in [6.07, 6.45) is 1.81. The number of hydrogen-bond acceptors (Lipinski definition) is 5. The van der Waals surface area contributed by atoms with E-state index >= 15 is 0 Å². The second-order valence-corrected chi connectivity index (χ2v) is 5.64. The van der Waals surface area contributed by atoms with Gasteiger partial charge in [0.25, 0.3) is 5.56 Å². The molecule has 1 N–H and O–H groups in total. The monoisotopic (exact) mass is 365 g/mol. The van der Waals surface area contributed by atoms with E-state index in [9.17, 15) is 10.1 Å². The zero-order valence-electron chi connectivity index (χ0n) is 11.4. The van der Waals surface area contributed by atoms with Crippen LogP contribution in [0.25, 0.3) is 11.3 Å². The number of aromatic amines is 1. The Morgan fingerprint density at radius 2 is 2.29 bits per heavy atom. The SMILES string of the molecule is CCOc1ccc(-c2nc(SC)[nH]c(=O)c2C#N)cc1Br. The molecule has 0 aliphatic rings. The number of thioether (sulfide) groups is 1. The van der Waals surface area contributed by atoms with Crippen molar-refractivity contribution in [2.75, 3.05) is 12.9 Å². The van der Waals surface area contributed by atoms with Crippen LogP contribution in [0.5, 0.6) is 5.75 Å². The molecule has 0 saturated carbocycles. The first-order valence-corrected chi connectivity index (χ1v) is 8.13. The lowest BCUT2D eigenvalue weighted by molar-refractivity contribution is 0.338. The highest BCUT2D eigenvalue weighted by atomic mass is 79.9. The molecule has 0 fully saturated rings. The van der Waals surface area contributed by atoms with Crippen LogP contribution in [0.2, 0.25) is 0 Å². The van der Waals surface area contributed by atoms with Crippen molar-refractivity contribution in [2.45, 2.75) is 12.1 Å². The molecule has 0 radical (unpaired) electrons. The van der Waals surface area contributed by atoms with E-state index < -0.39 is 5.56 Å². The van der Waals surface area contributed by atoms with Gasteiger partial charge in [0.15, 0.2) is 5.16 Å². The van der Waals surface area contributed by atoms with E-state index in [2.05, 4.69) is 25.9 Å². The van der Waals surface area contributed by atoms with Crippen LogP contribution in [0.1, 0.15) is 12.5 Å². The van der Waals surface area contributed by atoms with Crippen molar-refractivity contribution in [2.24, 2.45) is 0 Å². The molecule has 0 unspecified atom stereocenters. The highest BCUT2D eigenvalue weighted by Crippen LogP contribution is 2.31. The smallest absolute Gasteiger partial charge is 0.270 e. The summed E-state index contributed by atoms with van der Waals surface area (Å²) in [5, 5.41) is 9.65. The van der Waals surface area contributed by atoms with Crippen molar-refractivity contribution in [1.29, 1.82) is 5.26 Å². The van der Waals surface area contributed by atoms with Crippen molar-refractivity contribution in [3.8, 4) is 23.1 Å². The number of nitriles is 1. The predicted octanol–water partition coefficient (Wildman–Crippen LogP) is 3.19. The Balaban J connectivity index is 2.61. The highest BCUT2D eigenvalue weighted by Gasteiger charge is 2.14. The van der Waals surface area contributed by atoms with Gasteiger partial charge in [-0.2, -0.15) is 5.26 Å². The molecule has 0 bridgehead atoms. The molecule has 21 heavy (non-hydrogen) atoms. The molecule has 0 saturated heterocycles. The zero-order valence-corrected chi connectivity index (χ0v) is 13.8. The lowest BCUT2D eigenvalue weighted by Gasteiger charge is -2.09. The van der Waals surface area contributed by atoms with E-state index in [-0.39, 0.29) is 5.56 Å². The van der Waals surface area contributed by atoms with E-state index in [1.54, 1.807) is 18.2 Å². The van der Waals surface area contributed by atoms with Crippen LogP contribution in [0, 0.1) is 11.3 Å². The number of H-pyrrole nitrogens is 1. The molecule has 1 aromatic carbocycles. The Hall–Kier alpha value is -1.78. The number of halogens is 1. The maximum absolute atomic E-state index is 11.9. The molecule has 0 aliphatic carbocycles. The first-order chi connectivity index (χ1) is 10.1. The average molecular weight is 366 g/mol. The van der Waals surface area contributed by atoms with Crippen LogP contribution in [0.3, 0.4) is 0 Å². The van der Waals surface area contributed by atoms with E-state index in [4.69, 9.17) is 4.74 Å². The molecular weight excluding hydrogens is 354 g/mol. The van der Waals surface area contributed by atoms with Gasteiger partial charge in [0.05, 0.1) is 16.8 Å². The van der Waals surface area contributed by atoms with Crippen LogP contribution in [-0.2, 0) is 0 Å². The third kappa shape index (κ3) is 3.28. The maximum atomic E-state index is 11.9. The zero-order chi connectivity index (χ0) is 15.4. The number of hydrogen-bond donors (Lipinski definition) is 1. The normalized spacial score (nSPS) is 10.2. The first kappa shape index (κ1) is 15.6. The fraction of sp³-hybridized carbons (Fsp3) is 0.214. The third-order valence-electron chi connectivity index (χ3n) is 2.71. The summed E-state index contributed by atoms with van der Waals surface area (Å²) in [5.74, 6) is 0.703. The van der Waals surface area contributed by atoms with Gasteiger partial charge in [0, 0.05) is 5.56 Å². The second kappa shape index (κ2) is 6.78. The largest absolute Gasteiger partial charge is 0.493 e. The van der Waals surface area contributed by atoms with Crippen LogP contribution < -0.4 is 10.3 Å². The van der Waals surface area contributed by atoms with Gasteiger partial charge < -0.3 is 9.72 Å². The van der Waals surface area contributed by atoms with Crippen molar-refractivity contribution in [3.63, 3.8) is 0 Å². The summed E-state index contributed by atoms with van der Waals surface area (Å²) >= 11 is 4.73. The van der Waals surface area contributed by atoms with Crippen LogP contribution in [0.15, 0.2) is 32.6 Å². The predicted molar refractivity (Wildman–Crippen MR) is 85.7 cm³/mol. The summed E-state index contributed by atoms with van der Waals surface area (Å²) in [5.41, 5.74) is 0.623. The first-order valence-electron chi connectivity index (χ1n) is 6.11. The molecule has 108 valence electrons. The lowest BCUT2D eigenvalue weighted by Crippen LogP contribution is -2.14. The molecule has 0 atom stereocenters. The van der Waals surface area contributed by atoms with E-state index in [0.29, 0.717) is 28.8 Å². The number of ether oxygens (including phenoxy) is 1. The third-order valence-corrected chi connectivity index (χ3v) is 3.91. The fourth-order valence-corrected chi connectivity index (χ4v) is 2.65. The topological polar surface area (TPSA) is 78.8 Å². The molecule has 1 aromatic heterocycles. The fourth-order valence-electron chi connectivity index (χ4n) is 1.78. The summed E-state index contributed by atoms with van der Waals surface area (Å²) < 4.78 is 6.20. The molecule has 7 heteroatoms. The Bertz CT molecular complexity index is 768. The lowest BCUT2D eigenvalue weighted by atomic mass is 10.1. The number of benzene rings is 1. The van der Waals surface area contributed by atoms with Gasteiger partial charge in [-0.3, -0.25) is 4.79 Å². The van der Waals surface area contributed by atoms with Crippen molar-refractivity contribution >= 4 is 27.7 Å². The molecule has 0 aliphatic heterocycles. The standard InChI is InChI=1S/C14H12BrN3O2S/c1-3-20-11-5-4-8(6-10(11)15)12-9(7-16)13(19)18-14(17-12)21-2/h4-6H,3H2,1-2H3,(H,17,18,19). The molecule has 2 rings (SSSR count). The highest BCUT2D eigenvalue weighted by molar-refractivity contribution is 9.10. The Morgan fingerprint density at radius 3 is 2.86 bits per heavy atom. The minimum atomic E-state index is -0.433. The van der Waals surface area contributed by atoms with Crippen molar-refractivity contribution in [3.05, 3.63) is 38.6 Å². The van der Waals surface area contributed by atoms with E-state index in [0.717, 1.165) is 4.47 Å². The molecular formula is C14H12BrN3O2S. The van der Waals surface area contributed by atoms with Crippen LogP contribution in [0.4, 0.5) is 0 Å². The second-order valence-electron chi connectivity index (χ2n) is 3.99. The average Bonchev–Trinajstić information content (AvgIpc) is 2.48. The number of aromatic nitrogens is 2. The Labute approximate surface area is 134 Å². The van der Waals surface area contributed by atoms with Gasteiger partial charge in [-0.25, -0.2) is 4.98 Å². The molecule has 2 aromatic rings. The number of nitrogens with one attached hydrogen (secondary N) is 1. The summed E-state index contributed by atoms with van der Waals surface area (Å²) in [7, 11) is 0. The van der Waals surface area contributed by atoms with Gasteiger partial charge in [0.2, 0.25) is 0 Å². The van der Waals surface area contributed by atoms with Crippen LogP contribution in [-0.4, -0.2) is 22.8 Å². The van der Waals surface area contributed by atoms with Gasteiger partial charge in [-0.15, -0.1) is 0 Å². The Morgan fingerprint density at radius 1 is 1.52 bits per heavy atom.